The van der Waals surface area contributed by atoms with Crippen LogP contribution in [0.4, 0.5) is 0 Å². The van der Waals surface area contributed by atoms with Gasteiger partial charge in [-0.2, -0.15) is 0 Å². The fraction of sp³-hybridized carbons (Fsp3) is 0.364. The number of benzene rings is 2. The fourth-order valence-corrected chi connectivity index (χ4v) is 2.49. The molecule has 0 bridgehead atoms. The van der Waals surface area contributed by atoms with Gasteiger partial charge in [-0.15, -0.1) is 9.78 Å². The molecule has 0 radical (unpaired) electrons. The summed E-state index contributed by atoms with van der Waals surface area (Å²) in [5, 5.41) is 0. The first-order valence-corrected chi connectivity index (χ1v) is 9.65. The van der Waals surface area contributed by atoms with Crippen LogP contribution in [0.3, 0.4) is 0 Å². The number of hydrogen-bond donors (Lipinski definition) is 0. The molecule has 0 atom stereocenters. The van der Waals surface area contributed by atoms with E-state index in [1.165, 1.54) is 52.7 Å². The summed E-state index contributed by atoms with van der Waals surface area (Å²) in [5.74, 6) is -0.00672. The normalized spacial score (nSPS) is 10.4. The summed E-state index contributed by atoms with van der Waals surface area (Å²) in [4.78, 5) is 44.5. The predicted octanol–water partition coefficient (Wildman–Crippen LogP) is 3.72. The van der Waals surface area contributed by atoms with Gasteiger partial charge >= 0.3 is 11.9 Å². The molecule has 10 nitrogen and oxygen atoms in total. The predicted molar refractivity (Wildman–Crippen MR) is 111 cm³/mol. The van der Waals surface area contributed by atoms with E-state index in [0.29, 0.717) is 29.4 Å². The third kappa shape index (κ3) is 7.03. The van der Waals surface area contributed by atoms with E-state index in [1.54, 1.807) is 12.1 Å². The molecule has 2 aromatic rings. The van der Waals surface area contributed by atoms with Crippen LogP contribution in [0.15, 0.2) is 36.4 Å². The van der Waals surface area contributed by atoms with Gasteiger partial charge in [0.25, 0.3) is 0 Å². The van der Waals surface area contributed by atoms with E-state index in [9.17, 15) is 9.59 Å². The van der Waals surface area contributed by atoms with Gasteiger partial charge in [0.1, 0.15) is 23.0 Å². The Morgan fingerprint density at radius 3 is 1.28 bits per heavy atom. The average molecular weight is 450 g/mol. The van der Waals surface area contributed by atoms with E-state index in [-0.39, 0.29) is 17.5 Å². The van der Waals surface area contributed by atoms with E-state index in [2.05, 4.69) is 0 Å². The van der Waals surface area contributed by atoms with Crippen LogP contribution in [0.1, 0.15) is 40.5 Å². The van der Waals surface area contributed by atoms with E-state index in [1.807, 2.05) is 6.92 Å². The zero-order chi connectivity index (χ0) is 23.5. The monoisotopic (exact) mass is 450 g/mol. The lowest BCUT2D eigenvalue weighted by molar-refractivity contribution is -0.421. The number of ether oxygens (including phenoxy) is 4. The highest BCUT2D eigenvalue weighted by atomic mass is 17.3. The van der Waals surface area contributed by atoms with Gasteiger partial charge in [-0.25, -0.2) is 9.59 Å². The molecule has 0 N–H and O–H groups in total. The lowest BCUT2D eigenvalue weighted by atomic mass is 10.2. The van der Waals surface area contributed by atoms with Crippen LogP contribution in [0, 0.1) is 0 Å². The van der Waals surface area contributed by atoms with Crippen LogP contribution in [0.25, 0.3) is 0 Å². The molecule has 32 heavy (non-hydrogen) atoms. The molecule has 2 rings (SSSR count). The Bertz CT molecular complexity index is 796. The van der Waals surface area contributed by atoms with Crippen LogP contribution in [-0.2, 0) is 19.6 Å². The maximum Gasteiger partial charge on any atom is 0.373 e. The molecule has 0 fully saturated rings. The number of methoxy groups -OCH3 is 4. The van der Waals surface area contributed by atoms with Gasteiger partial charge in [0.05, 0.1) is 39.6 Å². The standard InChI is InChI=1S/C22H26O10/c1-6-7-20(29-31-21(23)14-8-16(25-2)12-17(9-14)26-3)30-32-22(24)15-10-18(27-4)13-19(11-15)28-5/h8-13,20H,6-7H2,1-5H3. The van der Waals surface area contributed by atoms with Crippen molar-refractivity contribution in [2.75, 3.05) is 28.4 Å². The SMILES string of the molecule is CCCC(OOC(=O)c1cc(OC)cc(OC)c1)OOC(=O)c1cc(OC)cc(OC)c1. The van der Waals surface area contributed by atoms with Crippen molar-refractivity contribution >= 4 is 11.9 Å². The van der Waals surface area contributed by atoms with Gasteiger partial charge in [-0.3, -0.25) is 9.78 Å². The summed E-state index contributed by atoms with van der Waals surface area (Å²) in [7, 11) is 5.82. The maximum atomic E-state index is 12.3. The largest absolute Gasteiger partial charge is 0.497 e. The van der Waals surface area contributed by atoms with Gasteiger partial charge in [0.2, 0.25) is 6.29 Å². The van der Waals surface area contributed by atoms with E-state index in [0.717, 1.165) is 0 Å². The van der Waals surface area contributed by atoms with Crippen molar-refractivity contribution in [3.05, 3.63) is 47.5 Å². The minimum atomic E-state index is -1.15. The zero-order valence-corrected chi connectivity index (χ0v) is 18.5. The molecule has 0 unspecified atom stereocenters. The molecule has 174 valence electrons. The number of carbonyl (C=O) groups excluding carboxylic acids is 2. The summed E-state index contributed by atoms with van der Waals surface area (Å²) in [6, 6.07) is 9.04. The second-order valence-corrected chi connectivity index (χ2v) is 6.35. The minimum absolute atomic E-state index is 0.136. The molecular weight excluding hydrogens is 424 g/mol. The van der Waals surface area contributed by atoms with E-state index >= 15 is 0 Å². The Morgan fingerprint density at radius 1 is 0.656 bits per heavy atom. The lowest BCUT2D eigenvalue weighted by Gasteiger charge is -2.15. The molecular formula is C22H26O10. The van der Waals surface area contributed by atoms with Crippen LogP contribution in [0.5, 0.6) is 23.0 Å². The molecule has 0 aliphatic rings. The first kappa shape index (κ1) is 24.8. The summed E-state index contributed by atoms with van der Waals surface area (Å²) in [6.07, 6.45) is -0.267. The first-order valence-electron chi connectivity index (χ1n) is 9.65. The molecule has 0 aromatic heterocycles. The number of rotatable bonds is 12. The second-order valence-electron chi connectivity index (χ2n) is 6.35. The van der Waals surface area contributed by atoms with Gasteiger partial charge in [-0.1, -0.05) is 13.3 Å². The fourth-order valence-electron chi connectivity index (χ4n) is 2.49. The maximum absolute atomic E-state index is 12.3. The summed E-state index contributed by atoms with van der Waals surface area (Å²) >= 11 is 0. The van der Waals surface area contributed by atoms with Crippen molar-refractivity contribution in [1.29, 1.82) is 0 Å². The minimum Gasteiger partial charge on any atom is -0.497 e. The van der Waals surface area contributed by atoms with Crippen LogP contribution in [0.2, 0.25) is 0 Å². The van der Waals surface area contributed by atoms with Crippen LogP contribution < -0.4 is 18.9 Å². The van der Waals surface area contributed by atoms with Gasteiger partial charge < -0.3 is 18.9 Å². The van der Waals surface area contributed by atoms with E-state index in [4.69, 9.17) is 38.5 Å². The molecule has 0 heterocycles. The highest BCUT2D eigenvalue weighted by molar-refractivity contribution is 5.90. The Balaban J connectivity index is 1.99. The number of carbonyl (C=O) groups is 2. The van der Waals surface area contributed by atoms with Crippen molar-refractivity contribution in [3.63, 3.8) is 0 Å². The molecule has 0 saturated carbocycles. The second kappa shape index (κ2) is 12.4. The molecule has 0 amide bonds. The van der Waals surface area contributed by atoms with Gasteiger partial charge in [0, 0.05) is 18.6 Å². The molecule has 0 aliphatic heterocycles. The zero-order valence-electron chi connectivity index (χ0n) is 18.5. The lowest BCUT2D eigenvalue weighted by Crippen LogP contribution is -2.22. The van der Waals surface area contributed by atoms with Crippen molar-refractivity contribution < 1.29 is 48.1 Å². The molecule has 10 heteroatoms. The van der Waals surface area contributed by atoms with Crippen LogP contribution >= 0.6 is 0 Å². The average Bonchev–Trinajstić information content (AvgIpc) is 2.84. The molecule has 0 spiro atoms. The van der Waals surface area contributed by atoms with Crippen molar-refractivity contribution in [3.8, 4) is 23.0 Å². The first-order chi connectivity index (χ1) is 15.4. The molecule has 2 aromatic carbocycles. The highest BCUT2D eigenvalue weighted by Gasteiger charge is 2.20. The summed E-state index contributed by atoms with van der Waals surface area (Å²) in [6.45, 7) is 1.85. The van der Waals surface area contributed by atoms with Crippen molar-refractivity contribution in [2.45, 2.75) is 26.1 Å². The van der Waals surface area contributed by atoms with Gasteiger partial charge in [0.15, 0.2) is 0 Å². The molecule has 0 saturated heterocycles. The van der Waals surface area contributed by atoms with Crippen molar-refractivity contribution in [2.24, 2.45) is 0 Å². The summed E-state index contributed by atoms with van der Waals surface area (Å²) < 4.78 is 20.5. The Labute approximate surface area is 185 Å². The highest BCUT2D eigenvalue weighted by Crippen LogP contribution is 2.24. The molecule has 0 aliphatic carbocycles. The third-order valence-electron chi connectivity index (χ3n) is 4.16. The van der Waals surface area contributed by atoms with Crippen LogP contribution in [-0.4, -0.2) is 46.7 Å². The Kier molecular flexibility index (Phi) is 9.58. The number of hydrogen-bond acceptors (Lipinski definition) is 10. The van der Waals surface area contributed by atoms with E-state index < -0.39 is 18.2 Å². The topological polar surface area (TPSA) is 108 Å². The smallest absolute Gasteiger partial charge is 0.373 e. The van der Waals surface area contributed by atoms with Gasteiger partial charge in [-0.05, 0) is 24.3 Å². The van der Waals surface area contributed by atoms with Crippen molar-refractivity contribution in [1.82, 2.24) is 0 Å². The third-order valence-corrected chi connectivity index (χ3v) is 4.16. The Morgan fingerprint density at radius 2 is 1.00 bits per heavy atom. The quantitative estimate of drug-likeness (QED) is 0.270. The Hall–Kier alpha value is -3.50. The summed E-state index contributed by atoms with van der Waals surface area (Å²) in [5.41, 5.74) is 0.272.